The van der Waals surface area contributed by atoms with Crippen molar-refractivity contribution in [2.45, 2.75) is 31.7 Å². The number of fused-ring (bicyclic) bond motifs is 1. The summed E-state index contributed by atoms with van der Waals surface area (Å²) in [7, 11) is 0. The summed E-state index contributed by atoms with van der Waals surface area (Å²) in [5, 5.41) is 2.96. The summed E-state index contributed by atoms with van der Waals surface area (Å²) in [5.41, 5.74) is -0.0355. The zero-order chi connectivity index (χ0) is 23.7. The van der Waals surface area contributed by atoms with E-state index < -0.39 is 5.54 Å². The molecule has 0 spiro atoms. The molecule has 0 unspecified atom stereocenters. The maximum absolute atomic E-state index is 13.3. The highest BCUT2D eigenvalue weighted by Gasteiger charge is 2.52. The van der Waals surface area contributed by atoms with Crippen molar-refractivity contribution < 1.29 is 28.6 Å². The van der Waals surface area contributed by atoms with E-state index >= 15 is 0 Å². The van der Waals surface area contributed by atoms with Gasteiger partial charge >= 0.3 is 6.03 Å². The number of nitrogens with zero attached hydrogens (tertiary/aromatic N) is 3. The fourth-order valence-corrected chi connectivity index (χ4v) is 5.31. The normalized spacial score (nSPS) is 25.7. The van der Waals surface area contributed by atoms with E-state index in [1.807, 2.05) is 30.0 Å². The number of likely N-dealkylation sites (tertiary alicyclic amines) is 1. The molecule has 0 aliphatic carbocycles. The van der Waals surface area contributed by atoms with Crippen molar-refractivity contribution in [3.8, 4) is 11.5 Å². The van der Waals surface area contributed by atoms with Crippen LogP contribution in [0, 0.1) is 5.92 Å². The van der Waals surface area contributed by atoms with E-state index in [2.05, 4.69) is 10.2 Å². The van der Waals surface area contributed by atoms with Crippen LogP contribution < -0.4 is 14.8 Å². The Morgan fingerprint density at radius 2 is 1.79 bits per heavy atom. The van der Waals surface area contributed by atoms with E-state index in [0.29, 0.717) is 70.2 Å². The summed E-state index contributed by atoms with van der Waals surface area (Å²) in [6, 6.07) is 5.25. The highest BCUT2D eigenvalue weighted by atomic mass is 16.7. The number of morpholine rings is 1. The fourth-order valence-electron chi connectivity index (χ4n) is 5.31. The largest absolute Gasteiger partial charge is 0.454 e. The maximum Gasteiger partial charge on any atom is 0.325 e. The van der Waals surface area contributed by atoms with Gasteiger partial charge in [-0.15, -0.1) is 0 Å². The molecule has 4 aliphatic rings. The number of nitrogens with one attached hydrogen (secondary N) is 1. The first-order valence-electron chi connectivity index (χ1n) is 12.0. The Balaban J connectivity index is 1.14. The molecule has 3 saturated heterocycles. The lowest BCUT2D eigenvalue weighted by molar-refractivity contribution is -0.135. The van der Waals surface area contributed by atoms with Gasteiger partial charge in [0.2, 0.25) is 12.7 Å². The van der Waals surface area contributed by atoms with Crippen LogP contribution in [-0.2, 0) is 20.7 Å². The van der Waals surface area contributed by atoms with Crippen LogP contribution in [-0.4, -0.2) is 97.4 Å². The summed E-state index contributed by atoms with van der Waals surface area (Å²) in [6.07, 6.45) is 1.64. The highest BCUT2D eigenvalue weighted by Crippen LogP contribution is 2.35. The molecule has 4 amide bonds. The molecule has 10 heteroatoms. The first-order valence-corrected chi connectivity index (χ1v) is 12.0. The van der Waals surface area contributed by atoms with Crippen molar-refractivity contribution in [3.63, 3.8) is 0 Å². The first-order chi connectivity index (χ1) is 16.4. The number of imide groups is 1. The van der Waals surface area contributed by atoms with Crippen LogP contribution in [0.4, 0.5) is 4.79 Å². The van der Waals surface area contributed by atoms with Crippen LogP contribution >= 0.6 is 0 Å². The first kappa shape index (κ1) is 22.9. The summed E-state index contributed by atoms with van der Waals surface area (Å²) in [5.74, 6) is 1.26. The van der Waals surface area contributed by atoms with E-state index in [9.17, 15) is 14.4 Å². The van der Waals surface area contributed by atoms with Crippen LogP contribution in [0.2, 0.25) is 0 Å². The SMILES string of the molecule is C[C@@]1(C2CCN(C(=O)Cc3ccc4c(c3)OCO4)CC2)NC(=O)N(CCN2CCOCC2)C1=O. The molecule has 4 heterocycles. The standard InChI is InChI=1S/C24H32N4O6/c1-24(22(30)28(23(31)25-24)9-8-26-10-12-32-13-11-26)18-4-6-27(7-5-18)21(29)15-17-2-3-19-20(14-17)34-16-33-19/h2-3,14,18H,4-13,15-16H2,1H3,(H,25,31)/t24-/m0/s1. The van der Waals surface area contributed by atoms with Gasteiger partial charge in [0.05, 0.1) is 19.6 Å². The number of carbonyl (C=O) groups is 3. The number of hydrogen-bond acceptors (Lipinski definition) is 7. The van der Waals surface area contributed by atoms with E-state index in [0.717, 1.165) is 18.7 Å². The van der Waals surface area contributed by atoms with E-state index in [-0.39, 0.29) is 30.6 Å². The van der Waals surface area contributed by atoms with E-state index in [4.69, 9.17) is 14.2 Å². The number of amides is 4. The lowest BCUT2D eigenvalue weighted by atomic mass is 9.79. The Hall–Kier alpha value is -2.85. The predicted molar refractivity (Wildman–Crippen MR) is 121 cm³/mol. The van der Waals surface area contributed by atoms with Gasteiger partial charge in [-0.1, -0.05) is 6.07 Å². The zero-order valence-electron chi connectivity index (χ0n) is 19.6. The Kier molecular flexibility index (Phi) is 6.35. The van der Waals surface area contributed by atoms with Gasteiger partial charge in [0.25, 0.3) is 5.91 Å². The Morgan fingerprint density at radius 3 is 2.56 bits per heavy atom. The molecule has 3 fully saturated rings. The second-order valence-electron chi connectivity index (χ2n) is 9.56. The van der Waals surface area contributed by atoms with Gasteiger partial charge in [-0.3, -0.25) is 19.4 Å². The molecule has 0 radical (unpaired) electrons. The van der Waals surface area contributed by atoms with Crippen LogP contribution in [0.25, 0.3) is 0 Å². The van der Waals surface area contributed by atoms with Crippen LogP contribution in [0.15, 0.2) is 18.2 Å². The molecule has 0 saturated carbocycles. The van der Waals surface area contributed by atoms with Gasteiger partial charge in [0.1, 0.15) is 5.54 Å². The van der Waals surface area contributed by atoms with Crippen molar-refractivity contribution in [1.82, 2.24) is 20.0 Å². The maximum atomic E-state index is 13.3. The topological polar surface area (TPSA) is 101 Å². The van der Waals surface area contributed by atoms with Crippen molar-refractivity contribution >= 4 is 17.8 Å². The molecule has 1 N–H and O–H groups in total. The minimum absolute atomic E-state index is 0.00747. The molecule has 184 valence electrons. The molecular formula is C24H32N4O6. The van der Waals surface area contributed by atoms with Crippen molar-refractivity contribution in [2.24, 2.45) is 5.92 Å². The summed E-state index contributed by atoms with van der Waals surface area (Å²) >= 11 is 0. The third kappa shape index (κ3) is 4.44. The smallest absolute Gasteiger partial charge is 0.325 e. The van der Waals surface area contributed by atoms with E-state index in [1.165, 1.54) is 4.90 Å². The summed E-state index contributed by atoms with van der Waals surface area (Å²) in [6.45, 7) is 7.22. The highest BCUT2D eigenvalue weighted by molar-refractivity contribution is 6.07. The number of hydrogen-bond donors (Lipinski definition) is 1. The lowest BCUT2D eigenvalue weighted by Crippen LogP contribution is -2.54. The second-order valence-corrected chi connectivity index (χ2v) is 9.56. The molecule has 4 aliphatic heterocycles. The average molecular weight is 473 g/mol. The molecule has 1 aromatic carbocycles. The third-order valence-corrected chi connectivity index (χ3v) is 7.50. The number of ether oxygens (including phenoxy) is 3. The number of carbonyl (C=O) groups excluding carboxylic acids is 3. The molecule has 1 aromatic rings. The molecular weight excluding hydrogens is 440 g/mol. The number of rotatable bonds is 6. The predicted octanol–water partition coefficient (Wildman–Crippen LogP) is 0.839. The number of urea groups is 1. The number of piperidine rings is 1. The summed E-state index contributed by atoms with van der Waals surface area (Å²) in [4.78, 5) is 44.2. The molecule has 0 bridgehead atoms. The van der Waals surface area contributed by atoms with Crippen molar-refractivity contribution in [3.05, 3.63) is 23.8 Å². The molecule has 10 nitrogen and oxygen atoms in total. The monoisotopic (exact) mass is 472 g/mol. The van der Waals surface area contributed by atoms with Gasteiger partial charge in [-0.25, -0.2) is 4.79 Å². The lowest BCUT2D eigenvalue weighted by Gasteiger charge is -2.39. The van der Waals surface area contributed by atoms with Crippen molar-refractivity contribution in [2.75, 3.05) is 59.3 Å². The molecule has 34 heavy (non-hydrogen) atoms. The Bertz CT molecular complexity index is 957. The van der Waals surface area contributed by atoms with E-state index in [1.54, 1.807) is 0 Å². The third-order valence-electron chi connectivity index (χ3n) is 7.50. The molecule has 5 rings (SSSR count). The summed E-state index contributed by atoms with van der Waals surface area (Å²) < 4.78 is 16.1. The minimum Gasteiger partial charge on any atom is -0.454 e. The number of benzene rings is 1. The van der Waals surface area contributed by atoms with Gasteiger partial charge in [-0.2, -0.15) is 0 Å². The quantitative estimate of drug-likeness (QED) is 0.613. The average Bonchev–Trinajstić information content (AvgIpc) is 3.40. The zero-order valence-corrected chi connectivity index (χ0v) is 19.6. The van der Waals surface area contributed by atoms with Crippen molar-refractivity contribution in [1.29, 1.82) is 0 Å². The van der Waals surface area contributed by atoms with Gasteiger partial charge < -0.3 is 24.4 Å². The molecule has 1 atom stereocenters. The van der Waals surface area contributed by atoms with Gasteiger partial charge in [0.15, 0.2) is 11.5 Å². The molecule has 0 aromatic heterocycles. The fraction of sp³-hybridized carbons (Fsp3) is 0.625. The Labute approximate surface area is 199 Å². The van der Waals surface area contributed by atoms with Crippen LogP contribution in [0.3, 0.4) is 0 Å². The van der Waals surface area contributed by atoms with Gasteiger partial charge in [0, 0.05) is 39.3 Å². The van der Waals surface area contributed by atoms with Gasteiger partial charge in [-0.05, 0) is 43.4 Å². The van der Waals surface area contributed by atoms with Crippen LogP contribution in [0.1, 0.15) is 25.3 Å². The Morgan fingerprint density at radius 1 is 1.06 bits per heavy atom. The minimum atomic E-state index is -0.922. The second kappa shape index (κ2) is 9.42. The van der Waals surface area contributed by atoms with Crippen LogP contribution in [0.5, 0.6) is 11.5 Å².